The molecule has 126 valence electrons. The molecule has 0 N–H and O–H groups in total. The fraction of sp³-hybridized carbons (Fsp3) is 0.529. The van der Waals surface area contributed by atoms with Gasteiger partial charge in [-0.15, -0.1) is 0 Å². The highest BCUT2D eigenvalue weighted by molar-refractivity contribution is 5.42. The van der Waals surface area contributed by atoms with Gasteiger partial charge >= 0.3 is 0 Å². The van der Waals surface area contributed by atoms with Crippen LogP contribution in [0, 0.1) is 11.3 Å². The summed E-state index contributed by atoms with van der Waals surface area (Å²) in [5, 5.41) is 12.9. The van der Waals surface area contributed by atoms with Gasteiger partial charge in [0, 0.05) is 38.8 Å². The number of hydrogen-bond acceptors (Lipinski definition) is 7. The van der Waals surface area contributed by atoms with E-state index in [-0.39, 0.29) is 6.04 Å². The van der Waals surface area contributed by atoms with Gasteiger partial charge in [0.1, 0.15) is 11.9 Å². The number of nitrogens with zero attached hydrogens (tertiary/aromatic N) is 6. The number of anilines is 1. The van der Waals surface area contributed by atoms with E-state index in [9.17, 15) is 0 Å². The van der Waals surface area contributed by atoms with Gasteiger partial charge in [-0.3, -0.25) is 4.90 Å². The minimum Gasteiger partial charge on any atom is -0.354 e. The Morgan fingerprint density at radius 2 is 2.08 bits per heavy atom. The molecule has 0 bridgehead atoms. The molecule has 0 radical (unpaired) electrons. The fourth-order valence-corrected chi connectivity index (χ4v) is 2.90. The molecule has 1 fully saturated rings. The van der Waals surface area contributed by atoms with E-state index >= 15 is 0 Å². The van der Waals surface area contributed by atoms with E-state index in [0.29, 0.717) is 11.5 Å². The highest BCUT2D eigenvalue weighted by Gasteiger charge is 2.26. The van der Waals surface area contributed by atoms with Crippen LogP contribution in [0.4, 0.5) is 5.82 Å². The van der Waals surface area contributed by atoms with E-state index < -0.39 is 0 Å². The van der Waals surface area contributed by atoms with Gasteiger partial charge in [-0.25, -0.2) is 4.98 Å². The topological polar surface area (TPSA) is 82.1 Å². The summed E-state index contributed by atoms with van der Waals surface area (Å²) in [6.45, 7) is 7.82. The van der Waals surface area contributed by atoms with Crippen LogP contribution in [-0.2, 0) is 6.42 Å². The number of aromatic nitrogens is 3. The Labute approximate surface area is 141 Å². The molecule has 0 saturated carbocycles. The highest BCUT2D eigenvalue weighted by atomic mass is 16.5. The van der Waals surface area contributed by atoms with Gasteiger partial charge in [0.15, 0.2) is 5.82 Å². The zero-order valence-electron chi connectivity index (χ0n) is 14.1. The molecule has 0 unspecified atom stereocenters. The molecule has 2 aromatic heterocycles. The molecular formula is C17H22N6O. The largest absolute Gasteiger partial charge is 0.354 e. The van der Waals surface area contributed by atoms with Crippen LogP contribution in [0.2, 0.25) is 0 Å². The van der Waals surface area contributed by atoms with Crippen LogP contribution in [0.25, 0.3) is 0 Å². The summed E-state index contributed by atoms with van der Waals surface area (Å²) in [7, 11) is 0. The third kappa shape index (κ3) is 3.54. The molecule has 1 aliphatic heterocycles. The first-order valence-corrected chi connectivity index (χ1v) is 8.39. The second-order valence-electron chi connectivity index (χ2n) is 6.01. The van der Waals surface area contributed by atoms with Crippen LogP contribution in [0.3, 0.4) is 0 Å². The molecule has 3 rings (SSSR count). The number of piperazine rings is 1. The average molecular weight is 326 g/mol. The summed E-state index contributed by atoms with van der Waals surface area (Å²) >= 11 is 0. The Balaban J connectivity index is 1.58. The lowest BCUT2D eigenvalue weighted by molar-refractivity contribution is 0.164. The molecule has 24 heavy (non-hydrogen) atoms. The lowest BCUT2D eigenvalue weighted by Gasteiger charge is -2.37. The van der Waals surface area contributed by atoms with Gasteiger partial charge in [0.05, 0.1) is 11.6 Å². The second-order valence-corrected chi connectivity index (χ2v) is 6.01. The van der Waals surface area contributed by atoms with Crippen molar-refractivity contribution in [2.75, 3.05) is 31.1 Å². The van der Waals surface area contributed by atoms with E-state index in [1.165, 1.54) is 0 Å². The van der Waals surface area contributed by atoms with Gasteiger partial charge in [-0.2, -0.15) is 10.2 Å². The third-order valence-corrected chi connectivity index (χ3v) is 4.38. The maximum absolute atomic E-state index is 8.85. The van der Waals surface area contributed by atoms with E-state index in [4.69, 9.17) is 9.78 Å². The van der Waals surface area contributed by atoms with Crippen molar-refractivity contribution in [1.29, 1.82) is 5.26 Å². The van der Waals surface area contributed by atoms with Crippen molar-refractivity contribution in [1.82, 2.24) is 20.0 Å². The van der Waals surface area contributed by atoms with Crippen molar-refractivity contribution >= 4 is 5.82 Å². The van der Waals surface area contributed by atoms with Crippen LogP contribution >= 0.6 is 0 Å². The maximum atomic E-state index is 8.85. The third-order valence-electron chi connectivity index (χ3n) is 4.38. The molecular weight excluding hydrogens is 304 g/mol. The van der Waals surface area contributed by atoms with E-state index in [1.54, 1.807) is 6.20 Å². The summed E-state index contributed by atoms with van der Waals surface area (Å²) < 4.78 is 5.41. The van der Waals surface area contributed by atoms with Crippen LogP contribution in [0.1, 0.15) is 43.6 Å². The summed E-state index contributed by atoms with van der Waals surface area (Å²) in [5.41, 5.74) is 0.588. The Hall–Kier alpha value is -2.46. The van der Waals surface area contributed by atoms with Gasteiger partial charge in [0.25, 0.3) is 0 Å². The molecule has 0 spiro atoms. The molecule has 1 aliphatic rings. The average Bonchev–Trinajstić information content (AvgIpc) is 3.10. The molecule has 0 aromatic carbocycles. The SMILES string of the molecule is CCCc1noc([C@H](C)N2CCN(c3ccc(C#N)cn3)CC2)n1. The van der Waals surface area contributed by atoms with Crippen molar-refractivity contribution in [2.24, 2.45) is 0 Å². The fourth-order valence-electron chi connectivity index (χ4n) is 2.90. The predicted molar refractivity (Wildman–Crippen MR) is 89.4 cm³/mol. The summed E-state index contributed by atoms with van der Waals surface area (Å²) in [6.07, 6.45) is 3.50. The summed E-state index contributed by atoms with van der Waals surface area (Å²) in [6, 6.07) is 5.94. The molecule has 3 heterocycles. The first-order valence-electron chi connectivity index (χ1n) is 8.39. The molecule has 7 heteroatoms. The first-order chi connectivity index (χ1) is 11.7. The van der Waals surface area contributed by atoms with Crippen molar-refractivity contribution in [3.05, 3.63) is 35.6 Å². The second kappa shape index (κ2) is 7.41. The van der Waals surface area contributed by atoms with Crippen LogP contribution in [0.15, 0.2) is 22.9 Å². The zero-order chi connectivity index (χ0) is 16.9. The number of pyridine rings is 1. The Morgan fingerprint density at radius 1 is 1.29 bits per heavy atom. The molecule has 1 saturated heterocycles. The highest BCUT2D eigenvalue weighted by Crippen LogP contribution is 2.22. The number of nitriles is 1. The van der Waals surface area contributed by atoms with E-state index in [0.717, 1.165) is 50.7 Å². The Morgan fingerprint density at radius 3 is 2.71 bits per heavy atom. The molecule has 0 aliphatic carbocycles. The van der Waals surface area contributed by atoms with Crippen molar-refractivity contribution in [3.8, 4) is 6.07 Å². The summed E-state index contributed by atoms with van der Waals surface area (Å²) in [5.74, 6) is 2.41. The minimum absolute atomic E-state index is 0.124. The standard InChI is InChI=1S/C17H22N6O/c1-3-4-15-20-17(24-21-15)13(2)22-7-9-23(10-8-22)16-6-5-14(11-18)12-19-16/h5-6,12-13H,3-4,7-10H2,1-2H3/t13-/m0/s1. The molecule has 7 nitrogen and oxygen atoms in total. The van der Waals surface area contributed by atoms with Crippen molar-refractivity contribution in [2.45, 2.75) is 32.7 Å². The maximum Gasteiger partial charge on any atom is 0.243 e. The summed E-state index contributed by atoms with van der Waals surface area (Å²) in [4.78, 5) is 13.5. The number of hydrogen-bond donors (Lipinski definition) is 0. The number of aryl methyl sites for hydroxylation is 1. The lowest BCUT2D eigenvalue weighted by Crippen LogP contribution is -2.47. The van der Waals surface area contributed by atoms with Crippen LogP contribution in [0.5, 0.6) is 0 Å². The van der Waals surface area contributed by atoms with Gasteiger partial charge in [-0.1, -0.05) is 12.1 Å². The van der Waals surface area contributed by atoms with Crippen LogP contribution < -0.4 is 4.90 Å². The normalized spacial score (nSPS) is 16.8. The number of rotatable bonds is 5. The Kier molecular flexibility index (Phi) is 5.06. The first kappa shape index (κ1) is 16.4. The predicted octanol–water partition coefficient (Wildman–Crippen LogP) is 2.17. The molecule has 1 atom stereocenters. The van der Waals surface area contributed by atoms with Crippen LogP contribution in [-0.4, -0.2) is 46.2 Å². The minimum atomic E-state index is 0.124. The van der Waals surface area contributed by atoms with Crippen molar-refractivity contribution in [3.63, 3.8) is 0 Å². The van der Waals surface area contributed by atoms with Gasteiger partial charge in [0.2, 0.25) is 5.89 Å². The zero-order valence-corrected chi connectivity index (χ0v) is 14.1. The van der Waals surface area contributed by atoms with Crippen molar-refractivity contribution < 1.29 is 4.52 Å². The Bertz CT molecular complexity index is 697. The van der Waals surface area contributed by atoms with E-state index in [2.05, 4.69) is 44.8 Å². The molecule has 2 aromatic rings. The van der Waals surface area contributed by atoms with E-state index in [1.807, 2.05) is 12.1 Å². The van der Waals surface area contributed by atoms with Gasteiger partial charge < -0.3 is 9.42 Å². The monoisotopic (exact) mass is 326 g/mol. The smallest absolute Gasteiger partial charge is 0.243 e. The van der Waals surface area contributed by atoms with Gasteiger partial charge in [-0.05, 0) is 25.5 Å². The molecule has 0 amide bonds. The quantitative estimate of drug-likeness (QED) is 0.832. The lowest BCUT2D eigenvalue weighted by atomic mass is 10.2.